The van der Waals surface area contributed by atoms with Crippen molar-refractivity contribution in [2.45, 2.75) is 12.7 Å². The Morgan fingerprint density at radius 2 is 2.18 bits per heavy atom. The number of hydrogen-bond acceptors (Lipinski definition) is 5. The molecule has 1 aromatic rings. The second kappa shape index (κ2) is 3.94. The van der Waals surface area contributed by atoms with E-state index in [1.165, 1.54) is 13.2 Å². The lowest BCUT2D eigenvalue weighted by Crippen LogP contribution is -2.45. The Hall–Kier alpha value is -1.73. The third-order valence-electron chi connectivity index (χ3n) is 2.73. The summed E-state index contributed by atoms with van der Waals surface area (Å²) in [6.45, 7) is -2.98. The number of hydrogen-bond donors (Lipinski definition) is 3. The van der Waals surface area contributed by atoms with E-state index in [-0.39, 0.29) is 23.4 Å². The third-order valence-corrected chi connectivity index (χ3v) is 2.73. The first-order chi connectivity index (χ1) is 7.94. The second-order valence-electron chi connectivity index (χ2n) is 3.95. The van der Waals surface area contributed by atoms with Gasteiger partial charge in [-0.1, -0.05) is 12.4 Å². The molecular formula is C10H12BO6-. The van der Waals surface area contributed by atoms with Crippen LogP contribution in [0.15, 0.2) is 12.1 Å². The first-order valence-corrected chi connectivity index (χ1v) is 5.17. The molecule has 7 heteroatoms. The molecule has 1 aliphatic heterocycles. The van der Waals surface area contributed by atoms with Crippen LogP contribution in [0, 0.1) is 0 Å². The highest BCUT2D eigenvalue weighted by Crippen LogP contribution is 2.37. The maximum Gasteiger partial charge on any atom is 0.430 e. The zero-order valence-corrected chi connectivity index (χ0v) is 9.21. The van der Waals surface area contributed by atoms with Gasteiger partial charge in [0, 0.05) is 0 Å². The van der Waals surface area contributed by atoms with Crippen LogP contribution < -0.4 is 9.39 Å². The maximum absolute atomic E-state index is 11.1. The lowest BCUT2D eigenvalue weighted by Gasteiger charge is -2.37. The molecule has 1 heterocycles. The van der Waals surface area contributed by atoms with Crippen molar-refractivity contribution in [3.8, 4) is 11.5 Å². The highest BCUT2D eigenvalue weighted by atomic mass is 16.6. The minimum absolute atomic E-state index is 0.0203. The zero-order valence-electron chi connectivity index (χ0n) is 9.21. The number of benzene rings is 1. The predicted octanol–water partition coefficient (Wildman–Crippen LogP) is 0.252. The van der Waals surface area contributed by atoms with E-state index in [2.05, 4.69) is 0 Å². The molecule has 0 unspecified atom stereocenters. The first kappa shape index (κ1) is 11.8. The van der Waals surface area contributed by atoms with Crippen molar-refractivity contribution in [2.75, 3.05) is 7.11 Å². The van der Waals surface area contributed by atoms with Crippen LogP contribution >= 0.6 is 0 Å². The van der Waals surface area contributed by atoms with Gasteiger partial charge >= 0.3 is 12.7 Å². The number of rotatable bonds is 2. The van der Waals surface area contributed by atoms with Crippen LogP contribution in [0.2, 0.25) is 6.32 Å². The molecule has 0 aliphatic carbocycles. The van der Waals surface area contributed by atoms with Gasteiger partial charge in [-0.05, 0) is 18.1 Å². The number of carboxylic acid groups (broad SMARTS) is 1. The van der Waals surface area contributed by atoms with Gasteiger partial charge in [0.1, 0.15) is 11.3 Å². The van der Waals surface area contributed by atoms with E-state index < -0.39 is 12.7 Å². The van der Waals surface area contributed by atoms with E-state index in [9.17, 15) is 14.8 Å². The molecule has 0 aromatic heterocycles. The highest BCUT2D eigenvalue weighted by Gasteiger charge is 2.32. The Morgan fingerprint density at radius 3 is 2.76 bits per heavy atom. The van der Waals surface area contributed by atoms with E-state index in [1.54, 1.807) is 6.07 Å². The quantitative estimate of drug-likeness (QED) is 0.640. The largest absolute Gasteiger partial charge is 0.669 e. The van der Waals surface area contributed by atoms with Crippen molar-refractivity contribution in [3.63, 3.8) is 0 Å². The van der Waals surface area contributed by atoms with Crippen LogP contribution in [0.1, 0.15) is 15.9 Å². The Labute approximate surface area is 97.4 Å². The molecule has 0 fully saturated rings. The van der Waals surface area contributed by atoms with E-state index in [0.717, 1.165) is 0 Å². The third kappa shape index (κ3) is 2.06. The van der Waals surface area contributed by atoms with E-state index in [4.69, 9.17) is 14.5 Å². The molecule has 0 bridgehead atoms. The van der Waals surface area contributed by atoms with Gasteiger partial charge in [0.05, 0.1) is 12.9 Å². The van der Waals surface area contributed by atoms with Crippen molar-refractivity contribution in [1.29, 1.82) is 0 Å². The molecule has 0 saturated carbocycles. The molecule has 1 aromatic carbocycles. The van der Waals surface area contributed by atoms with Gasteiger partial charge in [0.2, 0.25) is 0 Å². The number of aryl methyl sites for hydroxylation is 1. The Kier molecular flexibility index (Phi) is 2.72. The zero-order chi connectivity index (χ0) is 12.6. The van der Waals surface area contributed by atoms with E-state index >= 15 is 0 Å². The summed E-state index contributed by atoms with van der Waals surface area (Å²) in [5.74, 6) is -1.12. The van der Waals surface area contributed by atoms with Gasteiger partial charge in [0.15, 0.2) is 0 Å². The van der Waals surface area contributed by atoms with Crippen molar-refractivity contribution >= 4 is 12.7 Å². The Balaban J connectivity index is 2.59. The summed E-state index contributed by atoms with van der Waals surface area (Å²) >= 11 is 0. The fourth-order valence-corrected chi connectivity index (χ4v) is 1.90. The van der Waals surface area contributed by atoms with Crippen LogP contribution in [-0.2, 0) is 6.42 Å². The molecule has 0 amide bonds. The Bertz CT molecular complexity index is 470. The van der Waals surface area contributed by atoms with Crippen molar-refractivity contribution < 1.29 is 29.3 Å². The Morgan fingerprint density at radius 1 is 1.47 bits per heavy atom. The molecule has 1 aliphatic rings. The fourth-order valence-electron chi connectivity index (χ4n) is 1.90. The lowest BCUT2D eigenvalue weighted by atomic mass is 9.70. The molecule has 2 rings (SSSR count). The summed E-state index contributed by atoms with van der Waals surface area (Å²) in [4.78, 5) is 11.1. The average molecular weight is 239 g/mol. The second-order valence-corrected chi connectivity index (χ2v) is 3.95. The minimum Gasteiger partial charge on any atom is -0.669 e. The molecule has 0 atom stereocenters. The smallest absolute Gasteiger partial charge is 0.430 e. The molecule has 3 N–H and O–H groups in total. The molecule has 0 radical (unpaired) electrons. The summed E-state index contributed by atoms with van der Waals surface area (Å²) in [5, 5.41) is 28.0. The average Bonchev–Trinajstić information content (AvgIpc) is 2.25. The van der Waals surface area contributed by atoms with Crippen LogP contribution in [0.3, 0.4) is 0 Å². The van der Waals surface area contributed by atoms with Crippen LogP contribution in [0.4, 0.5) is 0 Å². The van der Waals surface area contributed by atoms with Crippen molar-refractivity contribution in [1.82, 2.24) is 0 Å². The summed E-state index contributed by atoms with van der Waals surface area (Å²) in [6, 6.07) is 3.19. The normalized spacial score (nSPS) is 16.9. The fraction of sp³-hybridized carbons (Fsp3) is 0.300. The van der Waals surface area contributed by atoms with Gasteiger partial charge in [-0.25, -0.2) is 4.79 Å². The number of fused-ring (bicyclic) bond motifs is 1. The summed E-state index contributed by atoms with van der Waals surface area (Å²) in [5.41, 5.74) is 0.447. The number of carbonyl (C=O) groups is 1. The van der Waals surface area contributed by atoms with E-state index in [1.807, 2.05) is 0 Å². The SMILES string of the molecule is COc1ccc2c(c1C(=O)O)O[B-](O)(O)CC2. The van der Waals surface area contributed by atoms with Crippen LogP contribution in [0.25, 0.3) is 0 Å². The van der Waals surface area contributed by atoms with Gasteiger partial charge in [-0.15, -0.1) is 0 Å². The van der Waals surface area contributed by atoms with Crippen molar-refractivity contribution in [2.24, 2.45) is 0 Å². The summed E-state index contributed by atoms with van der Waals surface area (Å²) in [6.07, 6.45) is 0.408. The minimum atomic E-state index is -2.98. The number of ether oxygens (including phenoxy) is 1. The van der Waals surface area contributed by atoms with Crippen LogP contribution in [0.5, 0.6) is 11.5 Å². The number of carboxylic acids is 1. The summed E-state index contributed by atoms with van der Waals surface area (Å²) in [7, 11) is 1.34. The highest BCUT2D eigenvalue weighted by molar-refractivity contribution is 6.59. The lowest BCUT2D eigenvalue weighted by molar-refractivity contribution is 0.0689. The topological polar surface area (TPSA) is 96.2 Å². The monoisotopic (exact) mass is 239 g/mol. The number of methoxy groups -OCH3 is 1. The number of aromatic carboxylic acids is 1. The van der Waals surface area contributed by atoms with Gasteiger partial charge in [0.25, 0.3) is 0 Å². The molecule has 6 nitrogen and oxygen atoms in total. The maximum atomic E-state index is 11.1. The van der Waals surface area contributed by atoms with Gasteiger partial charge < -0.3 is 24.5 Å². The summed E-state index contributed by atoms with van der Waals surface area (Å²) < 4.78 is 9.89. The molecule has 17 heavy (non-hydrogen) atoms. The molecule has 0 spiro atoms. The molecule has 0 saturated heterocycles. The molecule has 92 valence electrons. The van der Waals surface area contributed by atoms with Gasteiger partial charge in [-0.2, -0.15) is 0 Å². The van der Waals surface area contributed by atoms with Crippen molar-refractivity contribution in [3.05, 3.63) is 23.3 Å². The molecular weight excluding hydrogens is 227 g/mol. The van der Waals surface area contributed by atoms with E-state index in [0.29, 0.717) is 12.0 Å². The van der Waals surface area contributed by atoms with Crippen LogP contribution in [-0.4, -0.2) is 35.0 Å². The predicted molar refractivity (Wildman–Crippen MR) is 59.3 cm³/mol. The van der Waals surface area contributed by atoms with Gasteiger partial charge in [-0.3, -0.25) is 0 Å². The standard InChI is InChI=1S/C10H12BO6/c1-16-7-3-2-6-4-5-11(14,15)17-9(6)8(7)10(12)13/h2-3,14-15H,4-5H2,1H3,(H,12,13)/q-1. The first-order valence-electron chi connectivity index (χ1n) is 5.17.